The molecule has 33 heavy (non-hydrogen) atoms. The van der Waals surface area contributed by atoms with Crippen molar-refractivity contribution in [2.24, 2.45) is 0 Å². The van der Waals surface area contributed by atoms with Gasteiger partial charge in [-0.15, -0.1) is 0 Å². The summed E-state index contributed by atoms with van der Waals surface area (Å²) in [6, 6.07) is 25.2. The van der Waals surface area contributed by atoms with E-state index in [4.69, 9.17) is 21.1 Å². The summed E-state index contributed by atoms with van der Waals surface area (Å²) in [4.78, 5) is 2.55. The molecule has 5 heteroatoms. The highest BCUT2D eigenvalue weighted by atomic mass is 35.5. The van der Waals surface area contributed by atoms with Gasteiger partial charge in [0.2, 0.25) is 0 Å². The largest absolute Gasteiger partial charge is 0.490 e. The topological polar surface area (TPSA) is 33.7 Å². The summed E-state index contributed by atoms with van der Waals surface area (Å²) in [7, 11) is 0. The fourth-order valence-electron chi connectivity index (χ4n) is 4.19. The molecular formula is C28H33ClN2O2. The monoisotopic (exact) mass is 464 g/mol. The molecule has 1 saturated heterocycles. The fraction of sp³-hybridized carbons (Fsp3) is 0.357. The summed E-state index contributed by atoms with van der Waals surface area (Å²) in [5.74, 6) is 1.56. The lowest BCUT2D eigenvalue weighted by atomic mass is 10.0. The van der Waals surface area contributed by atoms with Crippen molar-refractivity contribution in [1.29, 1.82) is 0 Å². The van der Waals surface area contributed by atoms with Crippen LogP contribution in [-0.4, -0.2) is 30.6 Å². The van der Waals surface area contributed by atoms with E-state index in [9.17, 15) is 0 Å². The van der Waals surface area contributed by atoms with Crippen LogP contribution in [0, 0.1) is 0 Å². The molecule has 0 atom stereocenters. The highest BCUT2D eigenvalue weighted by molar-refractivity contribution is 6.30. The molecule has 3 aromatic carbocycles. The van der Waals surface area contributed by atoms with Crippen LogP contribution in [0.5, 0.6) is 11.5 Å². The Balaban J connectivity index is 1.26. The van der Waals surface area contributed by atoms with Crippen LogP contribution in [-0.2, 0) is 19.7 Å². The maximum absolute atomic E-state index is 6.03. The Hall–Kier alpha value is -2.53. The summed E-state index contributed by atoms with van der Waals surface area (Å²) in [6.45, 7) is 7.23. The average molecular weight is 465 g/mol. The summed E-state index contributed by atoms with van der Waals surface area (Å²) >= 11 is 5.97. The molecule has 1 heterocycles. The number of benzene rings is 3. The Kier molecular flexibility index (Phi) is 8.65. The lowest BCUT2D eigenvalue weighted by Gasteiger charge is -2.32. The molecule has 3 aromatic rings. The quantitative estimate of drug-likeness (QED) is 0.394. The van der Waals surface area contributed by atoms with Crippen molar-refractivity contribution in [2.75, 3.05) is 19.7 Å². The molecule has 0 bridgehead atoms. The van der Waals surface area contributed by atoms with Crippen molar-refractivity contribution in [2.45, 2.75) is 45.5 Å². The van der Waals surface area contributed by atoms with Gasteiger partial charge in [0.05, 0.1) is 6.61 Å². The first-order chi connectivity index (χ1) is 16.2. The Labute approximate surface area is 202 Å². The number of nitrogens with one attached hydrogen (secondary N) is 1. The average Bonchev–Trinajstić information content (AvgIpc) is 2.85. The first-order valence-corrected chi connectivity index (χ1v) is 12.2. The van der Waals surface area contributed by atoms with Gasteiger partial charge < -0.3 is 14.8 Å². The third kappa shape index (κ3) is 7.23. The number of ether oxygens (including phenoxy) is 2. The van der Waals surface area contributed by atoms with Crippen LogP contribution in [0.15, 0.2) is 72.8 Å². The molecule has 0 amide bonds. The van der Waals surface area contributed by atoms with Crippen LogP contribution in [0.2, 0.25) is 5.02 Å². The lowest BCUT2D eigenvalue weighted by molar-refractivity contribution is 0.190. The Morgan fingerprint density at radius 2 is 1.58 bits per heavy atom. The number of halogens is 1. The van der Waals surface area contributed by atoms with E-state index in [1.165, 1.54) is 24.0 Å². The van der Waals surface area contributed by atoms with Gasteiger partial charge in [-0.1, -0.05) is 60.1 Å². The van der Waals surface area contributed by atoms with Crippen LogP contribution in [0.4, 0.5) is 0 Å². The van der Waals surface area contributed by atoms with Gasteiger partial charge >= 0.3 is 0 Å². The van der Waals surface area contributed by atoms with Gasteiger partial charge in [-0.2, -0.15) is 0 Å². The second kappa shape index (κ2) is 12.1. The van der Waals surface area contributed by atoms with E-state index in [2.05, 4.69) is 52.7 Å². The summed E-state index contributed by atoms with van der Waals surface area (Å²) in [6.07, 6.45) is 2.35. The van der Waals surface area contributed by atoms with Crippen molar-refractivity contribution in [1.82, 2.24) is 10.2 Å². The van der Waals surface area contributed by atoms with Crippen molar-refractivity contribution in [3.63, 3.8) is 0 Å². The molecule has 0 aliphatic carbocycles. The van der Waals surface area contributed by atoms with E-state index in [1.807, 2.05) is 37.3 Å². The van der Waals surface area contributed by atoms with Crippen LogP contribution < -0.4 is 14.8 Å². The van der Waals surface area contributed by atoms with E-state index in [0.717, 1.165) is 48.3 Å². The molecule has 1 N–H and O–H groups in total. The van der Waals surface area contributed by atoms with Gasteiger partial charge in [-0.25, -0.2) is 0 Å². The van der Waals surface area contributed by atoms with Crippen LogP contribution in [0.25, 0.3) is 0 Å². The number of hydrogen-bond donors (Lipinski definition) is 1. The summed E-state index contributed by atoms with van der Waals surface area (Å²) in [5, 5.41) is 4.47. The molecule has 1 fully saturated rings. The zero-order chi connectivity index (χ0) is 22.9. The Morgan fingerprint density at radius 3 is 2.30 bits per heavy atom. The molecule has 0 aromatic heterocycles. The lowest BCUT2D eigenvalue weighted by Crippen LogP contribution is -2.41. The molecule has 0 spiro atoms. The molecule has 0 unspecified atom stereocenters. The van der Waals surface area contributed by atoms with Gasteiger partial charge in [0.15, 0.2) is 11.5 Å². The number of hydrogen-bond acceptors (Lipinski definition) is 4. The molecule has 4 nitrogen and oxygen atoms in total. The first-order valence-electron chi connectivity index (χ1n) is 11.8. The zero-order valence-electron chi connectivity index (χ0n) is 19.3. The smallest absolute Gasteiger partial charge is 0.161 e. The maximum atomic E-state index is 6.03. The standard InChI is InChI=1S/C28H33ClN2O2/c1-2-32-28-18-24(10-13-27(28)33-21-23-8-11-25(29)12-9-23)19-30-26-14-16-31(17-15-26)20-22-6-4-3-5-7-22/h3-13,18,26,30H,2,14-17,19-21H2,1H3. The number of nitrogens with zero attached hydrogens (tertiary/aromatic N) is 1. The molecule has 174 valence electrons. The van der Waals surface area contributed by atoms with E-state index < -0.39 is 0 Å². The SMILES string of the molecule is CCOc1cc(CNC2CCN(Cc3ccccc3)CC2)ccc1OCc1ccc(Cl)cc1. The van der Waals surface area contributed by atoms with Crippen LogP contribution in [0.1, 0.15) is 36.5 Å². The van der Waals surface area contributed by atoms with Gasteiger partial charge in [-0.05, 0) is 73.8 Å². The summed E-state index contributed by atoms with van der Waals surface area (Å²) < 4.78 is 11.9. The van der Waals surface area contributed by atoms with E-state index >= 15 is 0 Å². The number of piperidine rings is 1. The zero-order valence-corrected chi connectivity index (χ0v) is 20.1. The van der Waals surface area contributed by atoms with Crippen molar-refractivity contribution in [3.05, 3.63) is 94.5 Å². The van der Waals surface area contributed by atoms with Crippen molar-refractivity contribution >= 4 is 11.6 Å². The molecule has 1 aliphatic rings. The second-order valence-electron chi connectivity index (χ2n) is 8.55. The molecule has 0 radical (unpaired) electrons. The molecular weight excluding hydrogens is 432 g/mol. The van der Waals surface area contributed by atoms with E-state index in [0.29, 0.717) is 19.3 Å². The Morgan fingerprint density at radius 1 is 0.848 bits per heavy atom. The van der Waals surface area contributed by atoms with Crippen LogP contribution in [0.3, 0.4) is 0 Å². The molecule has 1 aliphatic heterocycles. The van der Waals surface area contributed by atoms with Crippen LogP contribution >= 0.6 is 11.6 Å². The fourth-order valence-corrected chi connectivity index (χ4v) is 4.32. The van der Waals surface area contributed by atoms with Gasteiger partial charge in [0, 0.05) is 24.2 Å². The Bertz CT molecular complexity index is 987. The van der Waals surface area contributed by atoms with Gasteiger partial charge in [0.1, 0.15) is 6.61 Å². The van der Waals surface area contributed by atoms with Crippen molar-refractivity contribution in [3.8, 4) is 11.5 Å². The first kappa shape index (κ1) is 23.6. The highest BCUT2D eigenvalue weighted by Crippen LogP contribution is 2.29. The van der Waals surface area contributed by atoms with Crippen molar-refractivity contribution < 1.29 is 9.47 Å². The highest BCUT2D eigenvalue weighted by Gasteiger charge is 2.19. The molecule has 0 saturated carbocycles. The third-order valence-corrected chi connectivity index (χ3v) is 6.30. The van der Waals surface area contributed by atoms with Gasteiger partial charge in [-0.3, -0.25) is 4.90 Å². The predicted molar refractivity (Wildman–Crippen MR) is 135 cm³/mol. The minimum Gasteiger partial charge on any atom is -0.490 e. The molecule has 4 rings (SSSR count). The summed E-state index contributed by atoms with van der Waals surface area (Å²) in [5.41, 5.74) is 3.68. The number of rotatable bonds is 10. The van der Waals surface area contributed by atoms with E-state index in [-0.39, 0.29) is 0 Å². The van der Waals surface area contributed by atoms with E-state index in [1.54, 1.807) is 0 Å². The number of likely N-dealkylation sites (tertiary alicyclic amines) is 1. The van der Waals surface area contributed by atoms with Gasteiger partial charge in [0.25, 0.3) is 0 Å². The third-order valence-electron chi connectivity index (χ3n) is 6.05. The normalized spacial score (nSPS) is 14.8. The maximum Gasteiger partial charge on any atom is 0.161 e. The second-order valence-corrected chi connectivity index (χ2v) is 8.98. The minimum absolute atomic E-state index is 0.483. The minimum atomic E-state index is 0.483. The predicted octanol–water partition coefficient (Wildman–Crippen LogP) is 6.07.